The molecule has 1 aliphatic rings. The molecule has 2 aromatic rings. The van der Waals surface area contributed by atoms with Crippen LogP contribution in [0.2, 0.25) is 10.0 Å². The van der Waals surface area contributed by atoms with E-state index in [-0.39, 0.29) is 0 Å². The first kappa shape index (κ1) is 14.2. The highest BCUT2D eigenvalue weighted by Crippen LogP contribution is 2.40. The molecule has 106 valence electrons. The summed E-state index contributed by atoms with van der Waals surface area (Å²) in [5.74, 6) is 2.59. The predicted octanol–water partition coefficient (Wildman–Crippen LogP) is 4.77. The number of halogens is 2. The lowest BCUT2D eigenvalue weighted by atomic mass is 10.2. The summed E-state index contributed by atoms with van der Waals surface area (Å²) < 4.78 is 2.22. The number of benzene rings is 1. The van der Waals surface area contributed by atoms with Crippen LogP contribution < -0.4 is 0 Å². The van der Waals surface area contributed by atoms with Gasteiger partial charge in [0.1, 0.15) is 5.82 Å². The molecular weight excluding hydrogens is 313 g/mol. The third-order valence-corrected chi connectivity index (χ3v) is 5.13. The minimum absolute atomic E-state index is 0.591. The van der Waals surface area contributed by atoms with Gasteiger partial charge < -0.3 is 4.57 Å². The fourth-order valence-electron chi connectivity index (χ4n) is 2.12. The Morgan fingerprint density at radius 2 is 2.05 bits per heavy atom. The van der Waals surface area contributed by atoms with E-state index < -0.39 is 0 Å². The van der Waals surface area contributed by atoms with Crippen LogP contribution in [0.25, 0.3) is 0 Å². The summed E-state index contributed by atoms with van der Waals surface area (Å²) >= 11 is 13.7. The van der Waals surface area contributed by atoms with Crippen LogP contribution in [-0.2, 0) is 12.3 Å². The van der Waals surface area contributed by atoms with Gasteiger partial charge in [0.05, 0.1) is 10.0 Å². The molecule has 0 spiro atoms. The van der Waals surface area contributed by atoms with Gasteiger partial charge in [0, 0.05) is 18.2 Å². The largest absolute Gasteiger partial charge is 0.306 e. The number of aromatic nitrogens is 3. The Morgan fingerprint density at radius 1 is 1.25 bits per heavy atom. The van der Waals surface area contributed by atoms with Gasteiger partial charge in [-0.05, 0) is 37.5 Å². The molecule has 1 fully saturated rings. The molecule has 0 saturated heterocycles. The lowest BCUT2D eigenvalue weighted by Gasteiger charge is -2.07. The minimum atomic E-state index is 0.591. The number of nitrogens with zero attached hydrogens (tertiary/aromatic N) is 3. The van der Waals surface area contributed by atoms with Gasteiger partial charge in [-0.2, -0.15) is 0 Å². The van der Waals surface area contributed by atoms with E-state index in [4.69, 9.17) is 23.2 Å². The van der Waals surface area contributed by atoms with Crippen molar-refractivity contribution in [1.29, 1.82) is 0 Å². The van der Waals surface area contributed by atoms with Gasteiger partial charge >= 0.3 is 0 Å². The fourth-order valence-corrected chi connectivity index (χ4v) is 3.40. The molecule has 0 atom stereocenters. The second kappa shape index (κ2) is 5.96. The third-order valence-electron chi connectivity index (χ3n) is 3.36. The van der Waals surface area contributed by atoms with Crippen LogP contribution in [0.1, 0.15) is 37.1 Å². The average molecular weight is 328 g/mol. The Balaban J connectivity index is 1.73. The van der Waals surface area contributed by atoms with Crippen LogP contribution in [0.4, 0.5) is 0 Å². The van der Waals surface area contributed by atoms with Crippen LogP contribution >= 0.6 is 35.0 Å². The SMILES string of the molecule is CCn1c(SCc2ccc(Cl)c(Cl)c2)nnc1C1CC1. The first-order chi connectivity index (χ1) is 9.69. The van der Waals surface area contributed by atoms with E-state index >= 15 is 0 Å². The number of hydrogen-bond donors (Lipinski definition) is 0. The van der Waals surface area contributed by atoms with E-state index in [1.54, 1.807) is 11.8 Å². The Hall–Kier alpha value is -0.710. The average Bonchev–Trinajstić information content (AvgIpc) is 3.20. The zero-order valence-corrected chi connectivity index (χ0v) is 13.5. The summed E-state index contributed by atoms with van der Waals surface area (Å²) in [4.78, 5) is 0. The predicted molar refractivity (Wildman–Crippen MR) is 83.7 cm³/mol. The van der Waals surface area contributed by atoms with Crippen LogP contribution in [0.3, 0.4) is 0 Å². The van der Waals surface area contributed by atoms with Crippen molar-refractivity contribution < 1.29 is 0 Å². The van der Waals surface area contributed by atoms with E-state index in [2.05, 4.69) is 21.7 Å². The highest BCUT2D eigenvalue weighted by Gasteiger charge is 2.29. The Bertz CT molecular complexity index is 623. The molecule has 0 bridgehead atoms. The third kappa shape index (κ3) is 2.97. The van der Waals surface area contributed by atoms with Gasteiger partial charge in [0.2, 0.25) is 0 Å². The van der Waals surface area contributed by atoms with Crippen molar-refractivity contribution in [2.45, 2.75) is 43.1 Å². The Morgan fingerprint density at radius 3 is 2.70 bits per heavy atom. The molecule has 1 aromatic carbocycles. The summed E-state index contributed by atoms with van der Waals surface area (Å²) in [5, 5.41) is 10.8. The van der Waals surface area contributed by atoms with E-state index in [1.165, 1.54) is 12.8 Å². The molecular formula is C14H15Cl2N3S. The molecule has 0 amide bonds. The van der Waals surface area contributed by atoms with Crippen molar-refractivity contribution in [3.8, 4) is 0 Å². The van der Waals surface area contributed by atoms with Crippen LogP contribution in [0.5, 0.6) is 0 Å². The van der Waals surface area contributed by atoms with Crippen molar-refractivity contribution in [2.24, 2.45) is 0 Å². The number of thioether (sulfide) groups is 1. The number of hydrogen-bond acceptors (Lipinski definition) is 3. The molecule has 0 N–H and O–H groups in total. The quantitative estimate of drug-likeness (QED) is 0.741. The molecule has 1 heterocycles. The lowest BCUT2D eigenvalue weighted by molar-refractivity contribution is 0.643. The summed E-state index contributed by atoms with van der Waals surface area (Å²) in [6.45, 7) is 3.06. The van der Waals surface area contributed by atoms with Crippen LogP contribution in [0, 0.1) is 0 Å². The molecule has 20 heavy (non-hydrogen) atoms. The maximum absolute atomic E-state index is 6.03. The zero-order valence-electron chi connectivity index (χ0n) is 11.1. The molecule has 0 unspecified atom stereocenters. The maximum atomic E-state index is 6.03. The van der Waals surface area contributed by atoms with Crippen molar-refractivity contribution in [3.05, 3.63) is 39.6 Å². The van der Waals surface area contributed by atoms with Crippen molar-refractivity contribution in [3.63, 3.8) is 0 Å². The van der Waals surface area contributed by atoms with Gasteiger partial charge in [0.15, 0.2) is 5.16 Å². The van der Waals surface area contributed by atoms with Gasteiger partial charge in [-0.3, -0.25) is 0 Å². The van der Waals surface area contributed by atoms with Gasteiger partial charge in [0.25, 0.3) is 0 Å². The van der Waals surface area contributed by atoms with E-state index in [0.29, 0.717) is 16.0 Å². The zero-order chi connectivity index (χ0) is 14.1. The van der Waals surface area contributed by atoms with Crippen molar-refractivity contribution >= 4 is 35.0 Å². The molecule has 3 rings (SSSR count). The summed E-state index contributed by atoms with van der Waals surface area (Å²) in [7, 11) is 0. The summed E-state index contributed by atoms with van der Waals surface area (Å²) in [6, 6.07) is 5.74. The second-order valence-corrected chi connectivity index (χ2v) is 6.65. The molecule has 0 radical (unpaired) electrons. The first-order valence-electron chi connectivity index (χ1n) is 6.69. The lowest BCUT2D eigenvalue weighted by Crippen LogP contribution is -2.01. The van der Waals surface area contributed by atoms with Gasteiger partial charge in [-0.25, -0.2) is 0 Å². The normalized spacial score (nSPS) is 14.8. The molecule has 1 aromatic heterocycles. The number of rotatable bonds is 5. The summed E-state index contributed by atoms with van der Waals surface area (Å²) in [5.41, 5.74) is 1.14. The van der Waals surface area contributed by atoms with Crippen molar-refractivity contribution in [1.82, 2.24) is 14.8 Å². The Kier molecular flexibility index (Phi) is 4.24. The van der Waals surface area contributed by atoms with E-state index in [9.17, 15) is 0 Å². The van der Waals surface area contributed by atoms with E-state index in [0.717, 1.165) is 28.8 Å². The molecule has 1 saturated carbocycles. The highest BCUT2D eigenvalue weighted by atomic mass is 35.5. The van der Waals surface area contributed by atoms with Crippen molar-refractivity contribution in [2.75, 3.05) is 0 Å². The van der Waals surface area contributed by atoms with Gasteiger partial charge in [-0.1, -0.05) is 41.0 Å². The summed E-state index contributed by atoms with van der Waals surface area (Å²) in [6.07, 6.45) is 2.49. The monoisotopic (exact) mass is 327 g/mol. The maximum Gasteiger partial charge on any atom is 0.191 e. The minimum Gasteiger partial charge on any atom is -0.306 e. The second-order valence-electron chi connectivity index (χ2n) is 4.90. The molecule has 3 nitrogen and oxygen atoms in total. The topological polar surface area (TPSA) is 30.7 Å². The standard InChI is InChI=1S/C14H15Cl2N3S/c1-2-19-13(10-4-5-10)17-18-14(19)20-8-9-3-6-11(15)12(16)7-9/h3,6-7,10H,2,4-5,8H2,1H3. The highest BCUT2D eigenvalue weighted by molar-refractivity contribution is 7.98. The van der Waals surface area contributed by atoms with E-state index in [1.807, 2.05) is 18.2 Å². The molecule has 6 heteroatoms. The van der Waals surface area contributed by atoms with Crippen LogP contribution in [-0.4, -0.2) is 14.8 Å². The smallest absolute Gasteiger partial charge is 0.191 e. The fraction of sp³-hybridized carbons (Fsp3) is 0.429. The Labute approximate surface area is 132 Å². The van der Waals surface area contributed by atoms with Crippen LogP contribution in [0.15, 0.2) is 23.4 Å². The first-order valence-corrected chi connectivity index (χ1v) is 8.43. The molecule has 1 aliphatic carbocycles. The van der Waals surface area contributed by atoms with Gasteiger partial charge in [-0.15, -0.1) is 10.2 Å². The molecule has 0 aliphatic heterocycles.